The molecule has 3 unspecified atom stereocenters. The Morgan fingerprint density at radius 3 is 2.26 bits per heavy atom. The minimum atomic E-state index is -3.04. The van der Waals surface area contributed by atoms with Gasteiger partial charge in [-0.05, 0) is 0 Å². The third kappa shape index (κ3) is 3.09. The van der Waals surface area contributed by atoms with Crippen LogP contribution < -0.4 is 0 Å². The molecule has 0 radical (unpaired) electrons. The van der Waals surface area contributed by atoms with Crippen LogP contribution in [0.25, 0.3) is 0 Å². The highest BCUT2D eigenvalue weighted by molar-refractivity contribution is 7.74. The van der Waals surface area contributed by atoms with Crippen LogP contribution in [0.2, 0.25) is 0 Å². The molecule has 0 bridgehead atoms. The van der Waals surface area contributed by atoms with Gasteiger partial charge >= 0.3 is 17.3 Å². The summed E-state index contributed by atoms with van der Waals surface area (Å²) >= 11 is -3.04. The van der Waals surface area contributed by atoms with E-state index in [1.807, 2.05) is 0 Å². The van der Waals surface area contributed by atoms with Crippen molar-refractivity contribution in [2.45, 2.75) is 30.0 Å². The van der Waals surface area contributed by atoms with Crippen molar-refractivity contribution in [3.8, 4) is 0 Å². The monoisotopic (exact) mass is 302 g/mol. The Hall–Kier alpha value is -0.660. The van der Waals surface area contributed by atoms with E-state index in [1.54, 1.807) is 0 Å². The number of carbonyl (C=O) groups excluding carboxylic acids is 1. The van der Waals surface area contributed by atoms with Crippen molar-refractivity contribution >= 4 is 17.3 Å². The number of carbonyl (C=O) groups is 1. The van der Waals surface area contributed by atoms with Crippen LogP contribution in [0, 0.1) is 0 Å². The highest BCUT2D eigenvalue weighted by Crippen LogP contribution is 2.30. The van der Waals surface area contributed by atoms with Crippen molar-refractivity contribution in [1.82, 2.24) is 0 Å². The summed E-state index contributed by atoms with van der Waals surface area (Å²) in [7, 11) is 0. The van der Waals surface area contributed by atoms with Gasteiger partial charge in [-0.2, -0.15) is 4.21 Å². The normalized spacial score (nSPS) is 35.7. The molecule has 0 aromatic carbocycles. The van der Waals surface area contributed by atoms with E-state index in [0.717, 1.165) is 0 Å². The Morgan fingerprint density at radius 2 is 1.89 bits per heavy atom. The number of aliphatic hydroxyl groups excluding tert-OH is 4. The molecule has 1 fully saturated rings. The smallest absolute Gasteiger partial charge is 0.360 e. The molecule has 0 aliphatic carbocycles. The summed E-state index contributed by atoms with van der Waals surface area (Å²) < 4.78 is 27.4. The third-order valence-corrected chi connectivity index (χ3v) is 3.05. The summed E-state index contributed by atoms with van der Waals surface area (Å²) in [5, 5.41) is 46.8. The Labute approximate surface area is 109 Å². The first-order valence-electron chi connectivity index (χ1n) is 5.07. The van der Waals surface area contributed by atoms with E-state index in [-0.39, 0.29) is 0 Å². The van der Waals surface area contributed by atoms with Gasteiger partial charge in [-0.15, -0.1) is 0 Å². The molecule has 10 nitrogen and oxygen atoms in total. The van der Waals surface area contributed by atoms with Crippen LogP contribution in [0.15, 0.2) is 0 Å². The van der Waals surface area contributed by atoms with E-state index in [1.165, 1.54) is 0 Å². The van der Waals surface area contributed by atoms with Crippen LogP contribution >= 0.6 is 0 Å². The summed E-state index contributed by atoms with van der Waals surface area (Å²) in [6, 6.07) is 0. The molecule has 0 saturated carbocycles. The molecule has 0 spiro atoms. The molecule has 11 heteroatoms. The van der Waals surface area contributed by atoms with Gasteiger partial charge in [0.15, 0.2) is 0 Å². The van der Waals surface area contributed by atoms with Gasteiger partial charge in [0, 0.05) is 0 Å². The number of hydrogen-bond acceptors (Lipinski definition) is 9. The number of hydrogen-bond donors (Lipinski definition) is 6. The zero-order chi connectivity index (χ0) is 14.8. The van der Waals surface area contributed by atoms with Crippen molar-refractivity contribution in [3.63, 3.8) is 0 Å². The zero-order valence-corrected chi connectivity index (χ0v) is 10.3. The SMILES string of the molecule is O=C(OS(=O)O)C(O)(CO)C1O[C@H](CO)[C@@H](O)[C@H]1O. The maximum atomic E-state index is 11.4. The summed E-state index contributed by atoms with van der Waals surface area (Å²) in [6.07, 6.45) is -6.54. The number of rotatable bonds is 5. The van der Waals surface area contributed by atoms with Crippen LogP contribution in [-0.4, -0.2) is 83.5 Å². The lowest BCUT2D eigenvalue weighted by Gasteiger charge is -2.30. The minimum Gasteiger partial charge on any atom is -0.394 e. The zero-order valence-electron chi connectivity index (χ0n) is 9.45. The first-order valence-corrected chi connectivity index (χ1v) is 6.10. The van der Waals surface area contributed by atoms with E-state index < -0.39 is 60.6 Å². The van der Waals surface area contributed by atoms with Crippen LogP contribution in [0.4, 0.5) is 0 Å². The fraction of sp³-hybridized carbons (Fsp3) is 0.875. The molecule has 0 aromatic rings. The highest BCUT2D eigenvalue weighted by Gasteiger charge is 2.57. The topological polar surface area (TPSA) is 174 Å². The average Bonchev–Trinajstić information content (AvgIpc) is 2.64. The van der Waals surface area contributed by atoms with Crippen LogP contribution in [0.1, 0.15) is 0 Å². The summed E-state index contributed by atoms with van der Waals surface area (Å²) in [5.41, 5.74) is -2.86. The standard InChI is InChI=1S/C8H14O10S/c9-1-3-4(11)5(12)6(17-3)8(14,2-10)7(13)18-19(15)16/h3-6,9-12,14H,1-2H2,(H,15,16)/t3-,4-,5-,6?,8?/m1/s1. The lowest BCUT2D eigenvalue weighted by molar-refractivity contribution is -0.188. The predicted molar refractivity (Wildman–Crippen MR) is 56.7 cm³/mol. The molecule has 1 aliphatic heterocycles. The maximum absolute atomic E-state index is 11.4. The van der Waals surface area contributed by atoms with Crippen LogP contribution in [0.3, 0.4) is 0 Å². The van der Waals surface area contributed by atoms with E-state index in [4.69, 9.17) is 19.5 Å². The molecule has 6 N–H and O–H groups in total. The number of aliphatic hydroxyl groups is 5. The fourth-order valence-corrected chi connectivity index (χ4v) is 1.98. The molecule has 1 aliphatic rings. The first-order chi connectivity index (χ1) is 8.77. The Bertz CT molecular complexity index is 361. The van der Waals surface area contributed by atoms with Crippen molar-refractivity contribution in [1.29, 1.82) is 0 Å². The lowest BCUT2D eigenvalue weighted by Crippen LogP contribution is -2.58. The van der Waals surface area contributed by atoms with Gasteiger partial charge in [-0.3, -0.25) is 4.55 Å². The maximum Gasteiger partial charge on any atom is 0.360 e. The highest BCUT2D eigenvalue weighted by atomic mass is 32.2. The van der Waals surface area contributed by atoms with Crippen molar-refractivity contribution < 1.29 is 48.0 Å². The Kier molecular flexibility index (Phi) is 5.34. The Morgan fingerprint density at radius 1 is 1.32 bits per heavy atom. The molecule has 112 valence electrons. The molecule has 1 rings (SSSR count). The van der Waals surface area contributed by atoms with Gasteiger partial charge in [-0.25, -0.2) is 4.79 Å². The van der Waals surface area contributed by atoms with Gasteiger partial charge < -0.3 is 34.5 Å². The summed E-state index contributed by atoms with van der Waals surface area (Å²) in [4.78, 5) is 11.4. The molecule has 19 heavy (non-hydrogen) atoms. The summed E-state index contributed by atoms with van der Waals surface area (Å²) in [5.74, 6) is -1.72. The second-order valence-corrected chi connectivity index (χ2v) is 4.53. The first kappa shape index (κ1) is 16.4. The van der Waals surface area contributed by atoms with Crippen LogP contribution in [0.5, 0.6) is 0 Å². The van der Waals surface area contributed by atoms with E-state index in [2.05, 4.69) is 4.18 Å². The van der Waals surface area contributed by atoms with E-state index in [0.29, 0.717) is 0 Å². The van der Waals surface area contributed by atoms with Crippen LogP contribution in [-0.2, 0) is 25.1 Å². The predicted octanol–water partition coefficient (Wildman–Crippen LogP) is -4.13. The summed E-state index contributed by atoms with van der Waals surface area (Å²) in [6.45, 7) is -2.01. The average molecular weight is 302 g/mol. The second kappa shape index (κ2) is 6.19. The molecule has 0 amide bonds. The van der Waals surface area contributed by atoms with Gasteiger partial charge in [0.2, 0.25) is 5.60 Å². The van der Waals surface area contributed by atoms with Crippen molar-refractivity contribution in [3.05, 3.63) is 0 Å². The van der Waals surface area contributed by atoms with Gasteiger partial charge in [0.05, 0.1) is 13.2 Å². The minimum absolute atomic E-state index is 0.711. The second-order valence-electron chi connectivity index (χ2n) is 3.93. The Balaban J connectivity index is 2.96. The van der Waals surface area contributed by atoms with Crippen molar-refractivity contribution in [2.24, 2.45) is 0 Å². The third-order valence-electron chi connectivity index (χ3n) is 2.75. The molecular formula is C8H14O10S. The molecule has 1 saturated heterocycles. The van der Waals surface area contributed by atoms with Crippen molar-refractivity contribution in [2.75, 3.05) is 13.2 Å². The largest absolute Gasteiger partial charge is 0.394 e. The van der Waals surface area contributed by atoms with E-state index in [9.17, 15) is 24.3 Å². The molecule has 1 heterocycles. The lowest BCUT2D eigenvalue weighted by atomic mass is 9.92. The van der Waals surface area contributed by atoms with E-state index >= 15 is 0 Å². The van der Waals surface area contributed by atoms with Gasteiger partial charge in [0.25, 0.3) is 0 Å². The van der Waals surface area contributed by atoms with Gasteiger partial charge in [0.1, 0.15) is 24.4 Å². The molecule has 0 aromatic heterocycles. The molecular weight excluding hydrogens is 288 g/mol. The fourth-order valence-electron chi connectivity index (χ4n) is 1.70. The van der Waals surface area contributed by atoms with Gasteiger partial charge in [-0.1, -0.05) is 0 Å². The molecule has 6 atom stereocenters. The quantitative estimate of drug-likeness (QED) is 0.274. The number of ether oxygens (including phenoxy) is 1.